The van der Waals surface area contributed by atoms with E-state index in [1.54, 1.807) is 34.9 Å². The molecule has 1 amide bonds. The number of methoxy groups -OCH3 is 2. The Kier molecular flexibility index (Phi) is 5.62. The van der Waals surface area contributed by atoms with Gasteiger partial charge in [0.2, 0.25) is 0 Å². The fraction of sp³-hybridized carbons (Fsp3) is 0.273. The molecular formula is C33H28N4O6. The lowest BCUT2D eigenvalue weighted by Gasteiger charge is -2.42. The van der Waals surface area contributed by atoms with E-state index >= 15 is 0 Å². The molecule has 1 saturated heterocycles. The molecule has 2 aromatic carbocycles. The molecule has 1 fully saturated rings. The molecule has 0 N–H and O–H groups in total. The molecule has 10 heteroatoms. The molecule has 0 spiro atoms. The highest BCUT2D eigenvalue weighted by Gasteiger charge is 2.36. The van der Waals surface area contributed by atoms with Crippen molar-refractivity contribution in [1.29, 1.82) is 0 Å². The lowest BCUT2D eigenvalue weighted by molar-refractivity contribution is -0.136. The summed E-state index contributed by atoms with van der Waals surface area (Å²) in [6, 6.07) is 16.4. The summed E-state index contributed by atoms with van der Waals surface area (Å²) in [5.41, 5.74) is 2.82. The predicted molar refractivity (Wildman–Crippen MR) is 162 cm³/mol. The van der Waals surface area contributed by atoms with Crippen LogP contribution in [-0.4, -0.2) is 58.7 Å². The maximum atomic E-state index is 14.1. The second kappa shape index (κ2) is 9.45. The van der Waals surface area contributed by atoms with Gasteiger partial charge >= 0.3 is 0 Å². The third-order valence-corrected chi connectivity index (χ3v) is 9.06. The Morgan fingerprint density at radius 1 is 0.953 bits per heavy atom. The summed E-state index contributed by atoms with van der Waals surface area (Å²) in [6.45, 7) is 1.66. The second-order valence-corrected chi connectivity index (χ2v) is 11.4. The number of amides is 1. The van der Waals surface area contributed by atoms with Gasteiger partial charge in [-0.3, -0.25) is 23.8 Å². The molecule has 2 bridgehead atoms. The van der Waals surface area contributed by atoms with Crippen molar-refractivity contribution in [2.75, 3.05) is 33.9 Å². The first-order valence-electron chi connectivity index (χ1n) is 14.3. The average molecular weight is 577 g/mol. The number of fused-ring (bicyclic) bond motifs is 9. The van der Waals surface area contributed by atoms with Gasteiger partial charge < -0.3 is 23.7 Å². The quantitative estimate of drug-likeness (QED) is 0.288. The first kappa shape index (κ1) is 25.6. The van der Waals surface area contributed by atoms with Gasteiger partial charge in [-0.05, 0) is 48.7 Å². The number of piperidine rings is 1. The van der Waals surface area contributed by atoms with E-state index < -0.39 is 0 Å². The van der Waals surface area contributed by atoms with Gasteiger partial charge in [-0.1, -0.05) is 6.07 Å². The highest BCUT2D eigenvalue weighted by molar-refractivity contribution is 6.19. The molecule has 8 rings (SSSR count). The number of rotatable bonds is 5. The molecular weight excluding hydrogens is 548 g/mol. The highest BCUT2D eigenvalue weighted by Crippen LogP contribution is 2.40. The van der Waals surface area contributed by atoms with Crippen molar-refractivity contribution in [3.8, 4) is 17.2 Å². The van der Waals surface area contributed by atoms with Crippen molar-refractivity contribution in [1.82, 2.24) is 18.9 Å². The summed E-state index contributed by atoms with van der Waals surface area (Å²) in [7, 11) is 3.05. The summed E-state index contributed by atoms with van der Waals surface area (Å²) >= 11 is 0. The SMILES string of the molecule is COc1ccc2c(c1OC)c(=O)n1c3cc(OCC(=O)N4C[C@H]5C[C@@H](C4)c4cccc(=O)n4C5)ccc3c3ccnc2c31. The number of ether oxygens (including phenoxy) is 3. The van der Waals surface area contributed by atoms with Gasteiger partial charge in [0.15, 0.2) is 18.1 Å². The number of carbonyl (C=O) groups excluding carboxylic acids is 1. The third kappa shape index (κ3) is 3.72. The molecule has 2 atom stereocenters. The summed E-state index contributed by atoms with van der Waals surface area (Å²) < 4.78 is 20.6. The van der Waals surface area contributed by atoms with Crippen LogP contribution < -0.4 is 25.3 Å². The van der Waals surface area contributed by atoms with Gasteiger partial charge in [-0.15, -0.1) is 0 Å². The molecule has 0 unspecified atom stereocenters. The second-order valence-electron chi connectivity index (χ2n) is 11.4. The van der Waals surface area contributed by atoms with Gasteiger partial charge in [0, 0.05) is 65.7 Å². The molecule has 0 aliphatic carbocycles. The fourth-order valence-corrected chi connectivity index (χ4v) is 7.23. The van der Waals surface area contributed by atoms with Gasteiger partial charge in [0.1, 0.15) is 5.75 Å². The zero-order valence-electron chi connectivity index (χ0n) is 23.7. The van der Waals surface area contributed by atoms with Crippen LogP contribution in [0.25, 0.3) is 38.1 Å². The van der Waals surface area contributed by atoms with Crippen LogP contribution in [-0.2, 0) is 11.3 Å². The molecule has 0 radical (unpaired) electrons. The Morgan fingerprint density at radius 2 is 1.81 bits per heavy atom. The van der Waals surface area contributed by atoms with Crippen molar-refractivity contribution < 1.29 is 19.0 Å². The van der Waals surface area contributed by atoms with Crippen LogP contribution in [0.1, 0.15) is 18.0 Å². The average Bonchev–Trinajstić information content (AvgIpc) is 3.36. The normalized spacial score (nSPS) is 18.0. The number of aromatic nitrogens is 3. The number of benzene rings is 2. The molecule has 43 heavy (non-hydrogen) atoms. The van der Waals surface area contributed by atoms with Crippen LogP contribution in [0, 0.1) is 5.92 Å². The van der Waals surface area contributed by atoms with E-state index in [1.165, 1.54) is 14.2 Å². The summed E-state index contributed by atoms with van der Waals surface area (Å²) in [5.74, 6) is 1.57. The molecule has 2 aliphatic heterocycles. The number of hydrogen-bond acceptors (Lipinski definition) is 7. The zero-order chi connectivity index (χ0) is 29.4. The maximum absolute atomic E-state index is 14.1. The predicted octanol–water partition coefficient (Wildman–Crippen LogP) is 3.80. The van der Waals surface area contributed by atoms with E-state index in [2.05, 4.69) is 4.98 Å². The van der Waals surface area contributed by atoms with Crippen LogP contribution >= 0.6 is 0 Å². The van der Waals surface area contributed by atoms with Crippen LogP contribution in [0.4, 0.5) is 0 Å². The molecule has 6 aromatic rings. The largest absolute Gasteiger partial charge is 0.493 e. The summed E-state index contributed by atoms with van der Waals surface area (Å²) in [5, 5.41) is 2.84. The smallest absolute Gasteiger partial charge is 0.267 e. The minimum Gasteiger partial charge on any atom is -0.493 e. The Balaban J connectivity index is 1.15. The molecule has 216 valence electrons. The fourth-order valence-electron chi connectivity index (χ4n) is 7.23. The van der Waals surface area contributed by atoms with Crippen molar-refractivity contribution >= 4 is 44.0 Å². The summed E-state index contributed by atoms with van der Waals surface area (Å²) in [4.78, 5) is 46.3. The molecule has 10 nitrogen and oxygen atoms in total. The first-order valence-corrected chi connectivity index (χ1v) is 14.3. The monoisotopic (exact) mass is 576 g/mol. The van der Waals surface area contributed by atoms with Crippen molar-refractivity contribution in [3.63, 3.8) is 0 Å². The lowest BCUT2D eigenvalue weighted by atomic mass is 9.83. The Labute approximate surface area is 245 Å². The molecule has 4 aromatic heterocycles. The van der Waals surface area contributed by atoms with Gasteiger partial charge in [-0.2, -0.15) is 0 Å². The van der Waals surface area contributed by atoms with Gasteiger partial charge in [-0.25, -0.2) is 0 Å². The Hall–Kier alpha value is -5.12. The van der Waals surface area contributed by atoms with Gasteiger partial charge in [0.05, 0.1) is 36.2 Å². The maximum Gasteiger partial charge on any atom is 0.267 e. The minimum absolute atomic E-state index is 0.0187. The zero-order valence-corrected chi connectivity index (χ0v) is 23.7. The van der Waals surface area contributed by atoms with Crippen LogP contribution in [0.2, 0.25) is 0 Å². The minimum atomic E-state index is -0.251. The molecule has 6 heterocycles. The van der Waals surface area contributed by atoms with Crippen LogP contribution in [0.5, 0.6) is 17.2 Å². The van der Waals surface area contributed by atoms with E-state index in [4.69, 9.17) is 14.2 Å². The van der Waals surface area contributed by atoms with E-state index in [1.807, 2.05) is 39.8 Å². The van der Waals surface area contributed by atoms with Crippen LogP contribution in [0.3, 0.4) is 0 Å². The van der Waals surface area contributed by atoms with Crippen molar-refractivity contribution in [2.45, 2.75) is 18.9 Å². The Bertz CT molecular complexity index is 2220. The van der Waals surface area contributed by atoms with E-state index in [0.717, 1.165) is 28.4 Å². The first-order chi connectivity index (χ1) is 21.0. The lowest BCUT2D eigenvalue weighted by Crippen LogP contribution is -2.50. The number of carbonyl (C=O) groups is 1. The van der Waals surface area contributed by atoms with E-state index in [-0.39, 0.29) is 35.5 Å². The van der Waals surface area contributed by atoms with E-state index in [0.29, 0.717) is 58.7 Å². The number of likely N-dealkylation sites (tertiary alicyclic amines) is 1. The highest BCUT2D eigenvalue weighted by atomic mass is 16.5. The van der Waals surface area contributed by atoms with Crippen molar-refractivity contribution in [3.05, 3.63) is 87.2 Å². The summed E-state index contributed by atoms with van der Waals surface area (Å²) in [6.07, 6.45) is 2.71. The standard InChI is InChI=1S/C33H28N4O6/c1-41-26-9-8-23-29(32(26)42-2)33(40)37-25-13-20(6-7-21(25)22-10-11-34-30(23)31(22)37)43-17-28(39)35-14-18-12-19(16-35)24-4-3-5-27(38)36(24)15-18/h3-11,13,18-19H,12,14-17H2,1-2H3/t18-,19+/m1/s1. The Morgan fingerprint density at radius 3 is 2.65 bits per heavy atom. The number of hydrogen-bond donors (Lipinski definition) is 0. The van der Waals surface area contributed by atoms with Gasteiger partial charge in [0.25, 0.3) is 17.0 Å². The number of nitrogens with zero attached hydrogens (tertiary/aromatic N) is 4. The van der Waals surface area contributed by atoms with E-state index in [9.17, 15) is 14.4 Å². The van der Waals surface area contributed by atoms with Crippen LogP contribution in [0.15, 0.2) is 70.4 Å². The molecule has 0 saturated carbocycles. The van der Waals surface area contributed by atoms with Crippen molar-refractivity contribution in [2.24, 2.45) is 5.92 Å². The third-order valence-electron chi connectivity index (χ3n) is 9.06. The number of pyridine rings is 3. The topological polar surface area (TPSA) is 104 Å². The molecule has 2 aliphatic rings.